The number of allylic oxidation sites excluding steroid dienone is 3. The Kier molecular flexibility index (Phi) is 5.28. The molecule has 0 fully saturated rings. The number of amides is 1. The predicted molar refractivity (Wildman–Crippen MR) is 103 cm³/mol. The van der Waals surface area contributed by atoms with Crippen LogP contribution in [0.1, 0.15) is 31.2 Å². The summed E-state index contributed by atoms with van der Waals surface area (Å²) in [6.07, 6.45) is 4.03. The van der Waals surface area contributed by atoms with Gasteiger partial charge in [0.1, 0.15) is 5.69 Å². The first-order valence-corrected chi connectivity index (χ1v) is 9.54. The number of hydrogen-bond acceptors (Lipinski definition) is 2. The maximum atomic E-state index is 14.4. The number of halogens is 4. The lowest BCUT2D eigenvalue weighted by Crippen LogP contribution is -2.42. The topological polar surface area (TPSA) is 37.4 Å². The van der Waals surface area contributed by atoms with Crippen LogP contribution in [0.4, 0.5) is 23.2 Å². The minimum absolute atomic E-state index is 0.0926. The monoisotopic (exact) mass is 415 g/mol. The first kappa shape index (κ1) is 20.1. The van der Waals surface area contributed by atoms with Crippen LogP contribution in [0.25, 0.3) is 6.08 Å². The highest BCUT2D eigenvalue weighted by Gasteiger charge is 2.41. The molecule has 1 unspecified atom stereocenters. The van der Waals surface area contributed by atoms with E-state index in [1.807, 2.05) is 30.3 Å². The Morgan fingerprint density at radius 1 is 0.933 bits per heavy atom. The first-order chi connectivity index (χ1) is 14.4. The van der Waals surface area contributed by atoms with E-state index >= 15 is 0 Å². The van der Waals surface area contributed by atoms with Crippen LogP contribution in [0, 0.1) is 29.2 Å². The van der Waals surface area contributed by atoms with Gasteiger partial charge in [0, 0.05) is 36.1 Å². The molecular formula is C23H17F4NO2. The third-order valence-electron chi connectivity index (χ3n) is 5.35. The molecule has 1 atom stereocenters. The van der Waals surface area contributed by atoms with Crippen molar-refractivity contribution in [1.82, 2.24) is 0 Å². The maximum Gasteiger partial charge on any atom is 0.232 e. The van der Waals surface area contributed by atoms with E-state index in [-0.39, 0.29) is 42.4 Å². The summed E-state index contributed by atoms with van der Waals surface area (Å²) in [5, 5.41) is 0. The zero-order valence-electron chi connectivity index (χ0n) is 15.8. The molecular weight excluding hydrogens is 398 g/mol. The van der Waals surface area contributed by atoms with Gasteiger partial charge in [-0.1, -0.05) is 42.5 Å². The van der Waals surface area contributed by atoms with Crippen LogP contribution in [0.5, 0.6) is 0 Å². The molecule has 1 amide bonds. The molecule has 0 bridgehead atoms. The molecule has 2 aromatic rings. The van der Waals surface area contributed by atoms with Crippen molar-refractivity contribution in [2.75, 3.05) is 4.90 Å². The standard InChI is InChI=1S/C23H17F4NO2/c24-15-12-16(25)22(27)23(21(15)26)28-17-7-4-8-18(29)20(17)14(11-19(28)30)10-9-13-5-2-1-3-6-13/h1-3,5-6,9-10,12,14H,4,7-8,11H2/b10-9+. The van der Waals surface area contributed by atoms with Crippen molar-refractivity contribution in [1.29, 1.82) is 0 Å². The fraction of sp³-hybridized carbons (Fsp3) is 0.217. The molecule has 1 heterocycles. The molecule has 0 saturated heterocycles. The molecule has 0 N–H and O–H groups in total. The van der Waals surface area contributed by atoms with E-state index in [1.54, 1.807) is 12.2 Å². The Balaban J connectivity index is 1.84. The summed E-state index contributed by atoms with van der Waals surface area (Å²) < 4.78 is 56.4. The van der Waals surface area contributed by atoms with Gasteiger partial charge in [-0.2, -0.15) is 0 Å². The second-order valence-corrected chi connectivity index (χ2v) is 7.26. The Labute approximate surface area is 170 Å². The largest absolute Gasteiger partial charge is 0.294 e. The molecule has 2 aromatic carbocycles. The number of ketones is 1. The van der Waals surface area contributed by atoms with Crippen LogP contribution in [0.15, 0.2) is 53.7 Å². The van der Waals surface area contributed by atoms with E-state index < -0.39 is 40.8 Å². The third kappa shape index (κ3) is 3.44. The minimum atomic E-state index is -1.66. The zero-order chi connectivity index (χ0) is 21.4. The van der Waals surface area contributed by atoms with Gasteiger partial charge in [-0.15, -0.1) is 0 Å². The van der Waals surface area contributed by atoms with E-state index in [9.17, 15) is 27.2 Å². The van der Waals surface area contributed by atoms with Crippen LogP contribution in [-0.2, 0) is 9.59 Å². The molecule has 0 saturated carbocycles. The van der Waals surface area contributed by atoms with Gasteiger partial charge in [-0.3, -0.25) is 14.5 Å². The van der Waals surface area contributed by atoms with E-state index in [2.05, 4.69) is 0 Å². The Bertz CT molecular complexity index is 1070. The fourth-order valence-electron chi connectivity index (χ4n) is 4.00. The lowest BCUT2D eigenvalue weighted by Gasteiger charge is -2.37. The molecule has 0 radical (unpaired) electrons. The van der Waals surface area contributed by atoms with Gasteiger partial charge < -0.3 is 0 Å². The number of rotatable bonds is 3. The van der Waals surface area contributed by atoms with Gasteiger partial charge in [0.2, 0.25) is 5.91 Å². The molecule has 7 heteroatoms. The van der Waals surface area contributed by atoms with Crippen molar-refractivity contribution in [3.63, 3.8) is 0 Å². The summed E-state index contributed by atoms with van der Waals surface area (Å²) in [6.45, 7) is 0. The van der Waals surface area contributed by atoms with Gasteiger partial charge in [0.25, 0.3) is 0 Å². The summed E-state index contributed by atoms with van der Waals surface area (Å²) in [5.41, 5.74) is 0.122. The normalized spacial score (nSPS) is 19.6. The minimum Gasteiger partial charge on any atom is -0.294 e. The average molecular weight is 415 g/mol. The van der Waals surface area contributed by atoms with Crippen LogP contribution in [0.2, 0.25) is 0 Å². The predicted octanol–water partition coefficient (Wildman–Crippen LogP) is 5.32. The number of carbonyl (C=O) groups excluding carboxylic acids is 2. The van der Waals surface area contributed by atoms with Gasteiger partial charge in [-0.25, -0.2) is 17.6 Å². The number of Topliss-reactive ketones (excluding diaryl/α,β-unsaturated/α-hetero) is 1. The summed E-state index contributed by atoms with van der Waals surface area (Å²) >= 11 is 0. The molecule has 3 nitrogen and oxygen atoms in total. The molecule has 154 valence electrons. The van der Waals surface area contributed by atoms with Gasteiger partial charge in [0.05, 0.1) is 0 Å². The molecule has 1 aliphatic heterocycles. The van der Waals surface area contributed by atoms with Crippen LogP contribution >= 0.6 is 0 Å². The Hall–Kier alpha value is -3.22. The average Bonchev–Trinajstić information content (AvgIpc) is 2.73. The van der Waals surface area contributed by atoms with E-state index in [0.29, 0.717) is 11.3 Å². The summed E-state index contributed by atoms with van der Waals surface area (Å²) in [7, 11) is 0. The molecule has 0 aromatic heterocycles. The molecule has 0 spiro atoms. The van der Waals surface area contributed by atoms with Crippen LogP contribution in [0.3, 0.4) is 0 Å². The smallest absolute Gasteiger partial charge is 0.232 e. The number of benzene rings is 2. The number of hydrogen-bond donors (Lipinski definition) is 0. The lowest BCUT2D eigenvalue weighted by molar-refractivity contribution is -0.120. The molecule has 2 aliphatic rings. The van der Waals surface area contributed by atoms with Gasteiger partial charge in [0.15, 0.2) is 29.1 Å². The van der Waals surface area contributed by atoms with Crippen molar-refractivity contribution in [2.24, 2.45) is 5.92 Å². The quantitative estimate of drug-likeness (QED) is 0.503. The SMILES string of the molecule is O=C1CCCC2=C1C(/C=C/c1ccccc1)CC(=O)N2c1c(F)c(F)cc(F)c1F. The highest BCUT2D eigenvalue weighted by atomic mass is 19.2. The highest BCUT2D eigenvalue weighted by molar-refractivity contribution is 6.07. The lowest BCUT2D eigenvalue weighted by atomic mass is 9.80. The summed E-state index contributed by atoms with van der Waals surface area (Å²) in [4.78, 5) is 26.2. The Morgan fingerprint density at radius 3 is 2.27 bits per heavy atom. The molecule has 4 rings (SSSR count). The van der Waals surface area contributed by atoms with Crippen molar-refractivity contribution in [3.8, 4) is 0 Å². The number of carbonyl (C=O) groups is 2. The van der Waals surface area contributed by atoms with Crippen molar-refractivity contribution < 1.29 is 27.2 Å². The second-order valence-electron chi connectivity index (χ2n) is 7.26. The first-order valence-electron chi connectivity index (χ1n) is 9.54. The number of anilines is 1. The molecule has 1 aliphatic carbocycles. The van der Waals surface area contributed by atoms with Crippen molar-refractivity contribution >= 4 is 23.5 Å². The summed E-state index contributed by atoms with van der Waals surface area (Å²) in [5.74, 6) is -8.08. The van der Waals surface area contributed by atoms with E-state index in [0.717, 1.165) is 5.56 Å². The fourth-order valence-corrected chi connectivity index (χ4v) is 4.00. The van der Waals surface area contributed by atoms with Crippen molar-refractivity contribution in [3.05, 3.63) is 82.6 Å². The van der Waals surface area contributed by atoms with Crippen LogP contribution < -0.4 is 4.90 Å². The second kappa shape index (κ2) is 7.89. The Morgan fingerprint density at radius 2 is 1.60 bits per heavy atom. The zero-order valence-corrected chi connectivity index (χ0v) is 15.8. The van der Waals surface area contributed by atoms with Gasteiger partial charge >= 0.3 is 0 Å². The van der Waals surface area contributed by atoms with Crippen LogP contribution in [-0.4, -0.2) is 11.7 Å². The maximum absolute atomic E-state index is 14.4. The summed E-state index contributed by atoms with van der Waals surface area (Å²) in [6, 6.07) is 9.33. The number of nitrogens with zero attached hydrogens (tertiary/aromatic N) is 1. The van der Waals surface area contributed by atoms with E-state index in [4.69, 9.17) is 0 Å². The van der Waals surface area contributed by atoms with Crippen molar-refractivity contribution in [2.45, 2.75) is 25.7 Å². The highest BCUT2D eigenvalue weighted by Crippen LogP contribution is 2.42. The molecule has 30 heavy (non-hydrogen) atoms. The van der Waals surface area contributed by atoms with Gasteiger partial charge in [-0.05, 0) is 18.4 Å². The third-order valence-corrected chi connectivity index (χ3v) is 5.35. The van der Waals surface area contributed by atoms with E-state index in [1.165, 1.54) is 0 Å².